The number of anilines is 5. The van der Waals surface area contributed by atoms with Gasteiger partial charge in [-0.15, -0.1) is 0 Å². The van der Waals surface area contributed by atoms with Crippen molar-refractivity contribution >= 4 is 74.2 Å². The highest BCUT2D eigenvalue weighted by molar-refractivity contribution is 6.06. The zero-order valence-corrected chi connectivity index (χ0v) is 47.5. The van der Waals surface area contributed by atoms with Gasteiger partial charge in [-0.3, -0.25) is 33.2 Å². The van der Waals surface area contributed by atoms with Gasteiger partial charge < -0.3 is 30.1 Å². The summed E-state index contributed by atoms with van der Waals surface area (Å²) in [7, 11) is 6.88. The van der Waals surface area contributed by atoms with Crippen molar-refractivity contribution in [3.63, 3.8) is 0 Å². The molecule has 0 bridgehead atoms. The van der Waals surface area contributed by atoms with Crippen LogP contribution >= 0.6 is 0 Å². The molecular weight excluding hydrogens is 1070 g/mol. The number of nitrogens with one attached hydrogen (secondary N) is 4. The van der Waals surface area contributed by atoms with E-state index in [1.54, 1.807) is 29.2 Å². The molecule has 0 fully saturated rings. The van der Waals surface area contributed by atoms with Gasteiger partial charge in [0.1, 0.15) is 6.61 Å². The molecule has 3 amide bonds. The summed E-state index contributed by atoms with van der Waals surface area (Å²) < 4.78 is 20.2. The van der Waals surface area contributed by atoms with E-state index < -0.39 is 7.15 Å². The quantitative estimate of drug-likeness (QED) is 0.0800. The fraction of sp³-hybridized carbons (Fsp3) is 0.176. The molecule has 4 N–H and O–H groups in total. The third-order valence-electron chi connectivity index (χ3n) is 14.7. The lowest BCUT2D eigenvalue weighted by molar-refractivity contribution is -0.129. The Hall–Kier alpha value is -10.6. The summed E-state index contributed by atoms with van der Waals surface area (Å²) in [6.07, 6.45) is 4.52. The average Bonchev–Trinajstić information content (AvgIpc) is 2.59. The number of carbonyl (C=O) groups excluding carboxylic acids is 4. The second-order valence-corrected chi connectivity index (χ2v) is 20.6. The largest absolute Gasteiger partial charge is 0.463 e. The van der Waals surface area contributed by atoms with Gasteiger partial charge in [0, 0.05) is 96.2 Å². The monoisotopic (exact) mass is 1140 g/mol. The fourth-order valence-electron chi connectivity index (χ4n) is 10.2. The summed E-state index contributed by atoms with van der Waals surface area (Å²) in [5.41, 5.74) is 14.1. The van der Waals surface area contributed by atoms with Crippen LogP contribution in [0.1, 0.15) is 56.3 Å². The number of H-pyrrole nitrogens is 2. The predicted octanol–water partition coefficient (Wildman–Crippen LogP) is 11.4. The molecule has 10 aromatic rings. The SMILES string of the molecule is CN(C)c1ccc(C(=O)Nc2ccc3c(c2)CCC3)cc1.CN(C)c1ccc(C(=O)Nc2ccc3c(c2)N(C(=O)Cc2ccc(-c4n[nH]c(=O)c5ccccc45)cc2)CC3)cc1.O=COCc1ccc(-c2n[nH]c(=O)c3ccccc23)cc1.[2H]CF. The number of ether oxygens (including phenoxy) is 1. The number of rotatable bonds is 13. The van der Waals surface area contributed by atoms with E-state index in [9.17, 15) is 33.2 Å². The number of nitrogens with zero attached hydrogens (tertiary/aromatic N) is 5. The first-order valence-electron chi connectivity index (χ1n) is 28.2. The van der Waals surface area contributed by atoms with Crippen molar-refractivity contribution < 1.29 is 29.7 Å². The third kappa shape index (κ3) is 14.2. The molecule has 1 aliphatic heterocycles. The number of fused-ring (bicyclic) bond motifs is 4. The predicted molar refractivity (Wildman–Crippen MR) is 336 cm³/mol. The lowest BCUT2D eigenvalue weighted by atomic mass is 10.0. The van der Waals surface area contributed by atoms with Gasteiger partial charge in [-0.25, -0.2) is 10.2 Å². The first kappa shape index (κ1) is 57.7. The van der Waals surface area contributed by atoms with E-state index in [4.69, 9.17) is 6.11 Å². The molecule has 16 nitrogen and oxygen atoms in total. The van der Waals surface area contributed by atoms with Gasteiger partial charge in [-0.05, 0) is 138 Å². The fourth-order valence-corrected chi connectivity index (χ4v) is 10.2. The van der Waals surface area contributed by atoms with Gasteiger partial charge in [0.25, 0.3) is 29.4 Å². The molecule has 85 heavy (non-hydrogen) atoms. The van der Waals surface area contributed by atoms with E-state index in [2.05, 4.69) is 43.2 Å². The second kappa shape index (κ2) is 27.5. The van der Waals surface area contributed by atoms with Crippen LogP contribution in [0.15, 0.2) is 192 Å². The minimum Gasteiger partial charge on any atom is -0.463 e. The number of aromatic amines is 2. The highest BCUT2D eigenvalue weighted by atomic mass is 19.1. The zero-order chi connectivity index (χ0) is 60.7. The Bertz CT molecular complexity index is 4160. The van der Waals surface area contributed by atoms with Gasteiger partial charge >= 0.3 is 0 Å². The first-order valence-corrected chi connectivity index (χ1v) is 27.5. The zero-order valence-electron chi connectivity index (χ0n) is 48.5. The third-order valence-corrected chi connectivity index (χ3v) is 14.7. The molecule has 430 valence electrons. The Morgan fingerprint density at radius 3 is 1.54 bits per heavy atom. The van der Waals surface area contributed by atoms with Crippen LogP contribution in [0.5, 0.6) is 0 Å². The second-order valence-electron chi connectivity index (χ2n) is 20.6. The number of hydrogen-bond donors (Lipinski definition) is 4. The Morgan fingerprint density at radius 1 is 0.588 bits per heavy atom. The Kier molecular flexibility index (Phi) is 18.6. The van der Waals surface area contributed by atoms with E-state index in [0.29, 0.717) is 52.0 Å². The molecule has 8 aromatic carbocycles. The van der Waals surface area contributed by atoms with Crippen molar-refractivity contribution in [3.8, 4) is 22.5 Å². The van der Waals surface area contributed by atoms with Gasteiger partial charge in [0.05, 0.1) is 37.1 Å². The van der Waals surface area contributed by atoms with Crippen LogP contribution in [-0.4, -0.2) is 86.5 Å². The van der Waals surface area contributed by atoms with E-state index in [1.165, 1.54) is 17.5 Å². The summed E-state index contributed by atoms with van der Waals surface area (Å²) in [5.74, 6) is -0.263. The van der Waals surface area contributed by atoms with Crippen molar-refractivity contribution in [3.05, 3.63) is 242 Å². The van der Waals surface area contributed by atoms with Gasteiger partial charge in [-0.2, -0.15) is 10.2 Å². The van der Waals surface area contributed by atoms with E-state index in [-0.39, 0.29) is 41.9 Å². The van der Waals surface area contributed by atoms with Crippen molar-refractivity contribution in [2.24, 2.45) is 0 Å². The van der Waals surface area contributed by atoms with Crippen molar-refractivity contribution in [1.82, 2.24) is 20.4 Å². The maximum Gasteiger partial charge on any atom is 0.293 e. The molecule has 0 radical (unpaired) electrons. The minimum atomic E-state index is -1.00. The number of amides is 3. The Labute approximate surface area is 492 Å². The van der Waals surface area contributed by atoms with Crippen molar-refractivity contribution in [2.45, 2.75) is 38.7 Å². The number of aromatic nitrogens is 4. The summed E-state index contributed by atoms with van der Waals surface area (Å²) in [5, 5.41) is 22.2. The minimum absolute atomic E-state index is 0.00753. The lowest BCUT2D eigenvalue weighted by Crippen LogP contribution is -2.30. The molecule has 0 saturated carbocycles. The molecule has 0 unspecified atom stereocenters. The summed E-state index contributed by atoms with van der Waals surface area (Å²) >= 11 is 0. The molecule has 1 aliphatic carbocycles. The molecule has 2 aromatic heterocycles. The van der Waals surface area contributed by atoms with Crippen LogP contribution in [0.25, 0.3) is 44.1 Å². The number of halogens is 1. The molecular formula is C68H64FN9O7. The first-order chi connectivity index (χ1) is 41.7. The molecule has 0 spiro atoms. The van der Waals surface area contributed by atoms with Crippen LogP contribution in [0, 0.1) is 0 Å². The van der Waals surface area contributed by atoms with Crippen LogP contribution in [0.4, 0.5) is 32.8 Å². The normalized spacial score (nSPS) is 11.9. The molecule has 12 rings (SSSR count). The van der Waals surface area contributed by atoms with E-state index >= 15 is 0 Å². The van der Waals surface area contributed by atoms with E-state index in [0.717, 1.165) is 80.6 Å². The standard InChI is InChI=1S/C33H29N5O3.C18H20N2O.C16H12N2O3.CH3F/c1-37(2)26-15-12-24(13-16-26)32(40)34-25-14-11-22-17-18-38(29(22)20-25)30(39)19-21-7-9-23(10-8-21)31-27-5-3-4-6-28(27)33(41)36-35-31;1-20(2)17-10-7-14(8-11-17)18(21)19-16-9-6-13-4-3-5-15(13)12-16;19-10-21-9-11-5-7-12(8-6-11)15-13-3-1-2-4-14(13)16(20)18-17-15;1-2/h3-16,20H,17-19H2,1-2H3,(H,34,40)(H,36,41);6-12H,3-5H2,1-2H3,(H,19,21);1-8,10H,9H2,(H,18,20);1H3/i;;;1D. The maximum absolute atomic E-state index is 13.4. The number of aryl methyl sites for hydroxylation is 2. The van der Waals surface area contributed by atoms with Gasteiger partial charge in [0.2, 0.25) is 5.91 Å². The summed E-state index contributed by atoms with van der Waals surface area (Å²) in [4.78, 5) is 78.4. The molecule has 17 heteroatoms. The van der Waals surface area contributed by atoms with Crippen LogP contribution in [-0.2, 0) is 46.6 Å². The van der Waals surface area contributed by atoms with Gasteiger partial charge in [0.15, 0.2) is 0 Å². The number of alkyl halides is 1. The highest BCUT2D eigenvalue weighted by Gasteiger charge is 2.26. The molecule has 2 aliphatic rings. The van der Waals surface area contributed by atoms with Gasteiger partial charge in [-0.1, -0.05) is 97.1 Å². The lowest BCUT2D eigenvalue weighted by Gasteiger charge is -2.18. The molecule has 0 saturated heterocycles. The number of benzene rings is 8. The van der Waals surface area contributed by atoms with Crippen molar-refractivity contribution in [2.75, 3.05) is 67.2 Å². The number of carbonyl (C=O) groups is 4. The van der Waals surface area contributed by atoms with Crippen LogP contribution in [0.2, 0.25) is 0 Å². The molecule has 3 heterocycles. The molecule has 0 atom stereocenters. The highest BCUT2D eigenvalue weighted by Crippen LogP contribution is 2.33. The topological polar surface area (TPSA) is 203 Å². The van der Waals surface area contributed by atoms with Crippen LogP contribution < -0.4 is 36.5 Å². The summed E-state index contributed by atoms with van der Waals surface area (Å²) in [6.45, 7) is 1.26. The van der Waals surface area contributed by atoms with Crippen molar-refractivity contribution in [1.29, 1.82) is 0 Å². The Morgan fingerprint density at radius 2 is 1.05 bits per heavy atom. The summed E-state index contributed by atoms with van der Waals surface area (Å²) in [6, 6.07) is 56.9. The van der Waals surface area contributed by atoms with E-state index in [1.807, 2.05) is 184 Å². The Balaban J connectivity index is 0.000000165. The van der Waals surface area contributed by atoms with Crippen LogP contribution in [0.3, 0.4) is 0 Å². The maximum atomic E-state index is 13.4. The smallest absolute Gasteiger partial charge is 0.293 e. The number of hydrogen-bond acceptors (Lipinski definition) is 11. The average molecular weight is 1140 g/mol.